The van der Waals surface area contributed by atoms with Gasteiger partial charge in [-0.2, -0.15) is 0 Å². The van der Waals surface area contributed by atoms with Crippen molar-refractivity contribution in [3.05, 3.63) is 108 Å². The van der Waals surface area contributed by atoms with Gasteiger partial charge in [-0.3, -0.25) is 9.59 Å². The summed E-state index contributed by atoms with van der Waals surface area (Å²) < 4.78 is 5.80. The van der Waals surface area contributed by atoms with Crippen LogP contribution < -0.4 is 5.32 Å². The monoisotopic (exact) mass is 410 g/mol. The molecule has 2 atom stereocenters. The molecular weight excluding hydrogens is 392 g/mol. The van der Waals surface area contributed by atoms with Crippen LogP contribution in [0, 0.1) is 0 Å². The number of rotatable bonds is 4. The van der Waals surface area contributed by atoms with Crippen LogP contribution in [0.4, 0.5) is 0 Å². The third kappa shape index (κ3) is 3.57. The lowest BCUT2D eigenvalue weighted by Gasteiger charge is -2.30. The lowest BCUT2D eigenvalue weighted by Crippen LogP contribution is -2.53. The molecule has 3 aromatic carbocycles. The van der Waals surface area contributed by atoms with Gasteiger partial charge in [-0.05, 0) is 29.8 Å². The first-order valence-corrected chi connectivity index (χ1v) is 9.85. The molecule has 0 saturated heterocycles. The van der Waals surface area contributed by atoms with Crippen LogP contribution in [0.1, 0.15) is 27.5 Å². The second kappa shape index (κ2) is 7.87. The number of benzene rings is 3. The summed E-state index contributed by atoms with van der Waals surface area (Å²) in [5.41, 5.74) is 1.98. The molecule has 0 fully saturated rings. The zero-order valence-electron chi connectivity index (χ0n) is 16.4. The van der Waals surface area contributed by atoms with Crippen LogP contribution in [0.5, 0.6) is 0 Å². The predicted octanol–water partition coefficient (Wildman–Crippen LogP) is 3.12. The van der Waals surface area contributed by atoms with E-state index in [4.69, 9.17) is 4.74 Å². The molecule has 0 bridgehead atoms. The summed E-state index contributed by atoms with van der Waals surface area (Å²) in [6.07, 6.45) is 0. The smallest absolute Gasteiger partial charge is 0.323 e. The van der Waals surface area contributed by atoms with Gasteiger partial charge < -0.3 is 10.1 Å². The number of carbonyl (C=O) groups is 2. The molecule has 31 heavy (non-hydrogen) atoms. The third-order valence-electron chi connectivity index (χ3n) is 5.08. The summed E-state index contributed by atoms with van der Waals surface area (Å²) in [4.78, 5) is 30.8. The first kappa shape index (κ1) is 18.7. The molecule has 7 heteroatoms. The van der Waals surface area contributed by atoms with Crippen molar-refractivity contribution >= 4 is 23.7 Å². The Kier molecular flexibility index (Phi) is 4.76. The molecule has 0 aromatic heterocycles. The second-order valence-electron chi connectivity index (χ2n) is 7.11. The lowest BCUT2D eigenvalue weighted by molar-refractivity contribution is -0.131. The van der Waals surface area contributed by atoms with Crippen LogP contribution in [0.2, 0.25) is 0 Å². The molecule has 0 aliphatic carbocycles. The van der Waals surface area contributed by atoms with Gasteiger partial charge in [0.05, 0.1) is 0 Å². The number of hydrogen-bond acceptors (Lipinski definition) is 5. The second-order valence-corrected chi connectivity index (χ2v) is 7.11. The van der Waals surface area contributed by atoms with Crippen molar-refractivity contribution in [3.8, 4) is 0 Å². The van der Waals surface area contributed by atoms with Gasteiger partial charge >= 0.3 is 6.02 Å². The zero-order valence-corrected chi connectivity index (χ0v) is 16.4. The van der Waals surface area contributed by atoms with E-state index < -0.39 is 18.0 Å². The van der Waals surface area contributed by atoms with Crippen molar-refractivity contribution in [2.24, 2.45) is 10.1 Å². The highest BCUT2D eigenvalue weighted by Crippen LogP contribution is 2.30. The van der Waals surface area contributed by atoms with Crippen molar-refractivity contribution in [3.63, 3.8) is 0 Å². The van der Waals surface area contributed by atoms with Gasteiger partial charge in [-0.1, -0.05) is 66.7 Å². The Bertz CT molecular complexity index is 1180. The Hall–Kier alpha value is -4.26. The Morgan fingerprint density at radius 3 is 2.16 bits per heavy atom. The van der Waals surface area contributed by atoms with E-state index in [1.807, 2.05) is 66.7 Å². The fourth-order valence-electron chi connectivity index (χ4n) is 3.54. The molecule has 5 rings (SSSR count). The number of fused-ring (bicyclic) bond motifs is 1. The maximum Gasteiger partial charge on any atom is 0.323 e. The van der Waals surface area contributed by atoms with Gasteiger partial charge in [-0.25, -0.2) is 4.99 Å². The molecule has 0 radical (unpaired) electrons. The van der Waals surface area contributed by atoms with E-state index in [0.717, 1.165) is 16.1 Å². The number of hydrogen-bond donors (Lipinski definition) is 1. The minimum atomic E-state index is -0.929. The first-order chi connectivity index (χ1) is 15.2. The molecule has 2 heterocycles. The number of amidine groups is 1. The largest absolute Gasteiger partial charge is 0.403 e. The van der Waals surface area contributed by atoms with E-state index >= 15 is 0 Å². The molecule has 0 saturated carbocycles. The molecular formula is C24H18N4O3. The summed E-state index contributed by atoms with van der Waals surface area (Å²) in [7, 11) is 0. The number of aliphatic imine (C=N–C) groups is 1. The average Bonchev–Trinajstić information content (AvgIpc) is 3.27. The Balaban J connectivity index is 1.51. The molecule has 152 valence electrons. The fourth-order valence-corrected chi connectivity index (χ4v) is 3.54. The van der Waals surface area contributed by atoms with Gasteiger partial charge in [-0.15, -0.1) is 10.1 Å². The van der Waals surface area contributed by atoms with Crippen molar-refractivity contribution in [2.45, 2.75) is 12.1 Å². The molecule has 2 aliphatic heterocycles. The van der Waals surface area contributed by atoms with Gasteiger partial charge in [0.1, 0.15) is 12.1 Å². The number of nitrogens with zero attached hydrogens (tertiary/aromatic N) is 3. The maximum absolute atomic E-state index is 13.4. The van der Waals surface area contributed by atoms with Gasteiger partial charge in [0, 0.05) is 11.1 Å². The van der Waals surface area contributed by atoms with E-state index in [9.17, 15) is 9.59 Å². The van der Waals surface area contributed by atoms with Crippen LogP contribution in [0.15, 0.2) is 101 Å². The molecule has 1 N–H and O–H groups in total. The normalized spacial score (nSPS) is 19.7. The van der Waals surface area contributed by atoms with Gasteiger partial charge in [0.2, 0.25) is 5.90 Å². The zero-order chi connectivity index (χ0) is 21.2. The highest BCUT2D eigenvalue weighted by atomic mass is 16.5. The standard InChI is InChI=1S/C24H18N4O3/c29-21(17-12-6-2-7-13-17)25-20-19(16-10-4-1-5-11-16)26-24-28(23(20)30)27-22(31-24)18-14-8-3-9-15-18/h1-15,19-20H,(H,25,29). The summed E-state index contributed by atoms with van der Waals surface area (Å²) in [6, 6.07) is 25.9. The quantitative estimate of drug-likeness (QED) is 0.717. The van der Waals surface area contributed by atoms with Crippen LogP contribution >= 0.6 is 0 Å². The van der Waals surface area contributed by atoms with Crippen LogP contribution in [0.3, 0.4) is 0 Å². The fraction of sp³-hybridized carbons (Fsp3) is 0.0833. The number of ether oxygens (including phenoxy) is 1. The lowest BCUT2D eigenvalue weighted by atomic mass is 9.97. The van der Waals surface area contributed by atoms with Gasteiger partial charge in [0.15, 0.2) is 0 Å². The van der Waals surface area contributed by atoms with Gasteiger partial charge in [0.25, 0.3) is 11.8 Å². The van der Waals surface area contributed by atoms with E-state index in [0.29, 0.717) is 5.56 Å². The van der Waals surface area contributed by atoms with E-state index in [1.54, 1.807) is 24.3 Å². The first-order valence-electron chi connectivity index (χ1n) is 9.85. The Morgan fingerprint density at radius 1 is 0.871 bits per heavy atom. The molecule has 3 aromatic rings. The minimum absolute atomic E-state index is 0.0999. The minimum Gasteiger partial charge on any atom is -0.403 e. The summed E-state index contributed by atoms with van der Waals surface area (Å²) >= 11 is 0. The molecule has 2 aliphatic rings. The number of hydrazone groups is 1. The summed E-state index contributed by atoms with van der Waals surface area (Å²) in [6.45, 7) is 0. The number of carbonyl (C=O) groups excluding carboxylic acids is 2. The molecule has 7 nitrogen and oxygen atoms in total. The highest BCUT2D eigenvalue weighted by Gasteiger charge is 2.45. The number of amides is 2. The topological polar surface area (TPSA) is 83.4 Å². The highest BCUT2D eigenvalue weighted by molar-refractivity contribution is 6.12. The Morgan fingerprint density at radius 2 is 1.48 bits per heavy atom. The van der Waals surface area contributed by atoms with Crippen LogP contribution in [-0.2, 0) is 9.53 Å². The SMILES string of the molecule is O=C(NC1C(=O)N2N=C(c3ccccc3)OC2=NC1c1ccccc1)c1ccccc1. The van der Waals surface area contributed by atoms with Crippen molar-refractivity contribution in [1.29, 1.82) is 0 Å². The van der Waals surface area contributed by atoms with Crippen molar-refractivity contribution < 1.29 is 14.3 Å². The molecule has 0 spiro atoms. The average molecular weight is 410 g/mol. The maximum atomic E-state index is 13.4. The van der Waals surface area contributed by atoms with Crippen LogP contribution in [0.25, 0.3) is 0 Å². The van der Waals surface area contributed by atoms with E-state index in [1.165, 1.54) is 0 Å². The number of nitrogens with one attached hydrogen (secondary N) is 1. The Labute approximate surface area is 178 Å². The van der Waals surface area contributed by atoms with E-state index in [2.05, 4.69) is 15.4 Å². The van der Waals surface area contributed by atoms with E-state index in [-0.39, 0.29) is 17.8 Å². The predicted molar refractivity (Wildman–Crippen MR) is 115 cm³/mol. The van der Waals surface area contributed by atoms with Crippen molar-refractivity contribution in [2.75, 3.05) is 0 Å². The molecule has 2 amide bonds. The summed E-state index contributed by atoms with van der Waals surface area (Å²) in [5.74, 6) is -0.477. The summed E-state index contributed by atoms with van der Waals surface area (Å²) in [5, 5.41) is 8.28. The third-order valence-corrected chi connectivity index (χ3v) is 5.08. The van der Waals surface area contributed by atoms with Crippen LogP contribution in [-0.4, -0.2) is 34.8 Å². The van der Waals surface area contributed by atoms with Crippen molar-refractivity contribution in [1.82, 2.24) is 10.3 Å². The molecule has 2 unspecified atom stereocenters.